The van der Waals surface area contributed by atoms with Crippen molar-refractivity contribution in [2.75, 3.05) is 0 Å². The number of hydrogen-bond donors (Lipinski definition) is 0. The Morgan fingerprint density at radius 1 is 0.792 bits per heavy atom. The summed E-state index contributed by atoms with van der Waals surface area (Å²) in [5.41, 5.74) is 1.12. The molecule has 4 aliphatic carbocycles. The summed E-state index contributed by atoms with van der Waals surface area (Å²) in [6.07, 6.45) is 15.1. The Bertz CT molecular complexity index is 477. The molecule has 0 aliphatic heterocycles. The van der Waals surface area contributed by atoms with Crippen molar-refractivity contribution >= 4 is 0 Å². The molecular weight excluding hydrogens is 292 g/mol. The standard InChI is InChI=1S/C23H40O/c1-21(2,3)24-20-10-6-8-16-11-12-17-18-9-7-14-22(18,4)15-13-19(17)23(16,20)5/h16-20H,6-15H2,1-5H3/t16-,17+,18+,19+,20?,22+,23+/m1/s1. The molecule has 4 fully saturated rings. The van der Waals surface area contributed by atoms with E-state index < -0.39 is 0 Å². The van der Waals surface area contributed by atoms with Gasteiger partial charge in [-0.2, -0.15) is 0 Å². The van der Waals surface area contributed by atoms with Crippen molar-refractivity contribution in [3.8, 4) is 0 Å². The highest BCUT2D eigenvalue weighted by molar-refractivity contribution is 5.09. The van der Waals surface area contributed by atoms with E-state index in [1.165, 1.54) is 64.2 Å². The molecule has 1 unspecified atom stereocenters. The zero-order chi connectivity index (χ0) is 17.2. The van der Waals surface area contributed by atoms with E-state index in [9.17, 15) is 0 Å². The minimum atomic E-state index is -0.000942. The topological polar surface area (TPSA) is 9.23 Å². The van der Waals surface area contributed by atoms with E-state index >= 15 is 0 Å². The van der Waals surface area contributed by atoms with E-state index in [0.717, 1.165) is 23.7 Å². The van der Waals surface area contributed by atoms with Crippen molar-refractivity contribution in [2.24, 2.45) is 34.5 Å². The van der Waals surface area contributed by atoms with Crippen LogP contribution in [0.15, 0.2) is 0 Å². The molecule has 0 amide bonds. The van der Waals surface area contributed by atoms with Gasteiger partial charge in [0.2, 0.25) is 0 Å². The smallest absolute Gasteiger partial charge is 0.0641 e. The van der Waals surface area contributed by atoms with Gasteiger partial charge in [-0.05, 0) is 107 Å². The van der Waals surface area contributed by atoms with Crippen LogP contribution in [0, 0.1) is 34.5 Å². The van der Waals surface area contributed by atoms with Crippen LogP contribution in [-0.4, -0.2) is 11.7 Å². The zero-order valence-electron chi connectivity index (χ0n) is 16.9. The molecule has 0 saturated heterocycles. The monoisotopic (exact) mass is 332 g/mol. The van der Waals surface area contributed by atoms with Gasteiger partial charge in [0.1, 0.15) is 0 Å². The highest BCUT2D eigenvalue weighted by Crippen LogP contribution is 2.66. The van der Waals surface area contributed by atoms with E-state index in [1.54, 1.807) is 0 Å². The van der Waals surface area contributed by atoms with E-state index in [2.05, 4.69) is 34.6 Å². The van der Waals surface area contributed by atoms with Gasteiger partial charge in [-0.1, -0.05) is 26.7 Å². The Balaban J connectivity index is 1.65. The van der Waals surface area contributed by atoms with Gasteiger partial charge in [0.05, 0.1) is 11.7 Å². The van der Waals surface area contributed by atoms with Crippen LogP contribution in [0.1, 0.15) is 98.8 Å². The third-order valence-electron chi connectivity index (χ3n) is 8.95. The minimum absolute atomic E-state index is 0.000942. The summed E-state index contributed by atoms with van der Waals surface area (Å²) in [6.45, 7) is 12.1. The quantitative estimate of drug-likeness (QED) is 0.525. The van der Waals surface area contributed by atoms with Crippen molar-refractivity contribution in [1.29, 1.82) is 0 Å². The molecule has 0 radical (unpaired) electrons. The highest BCUT2D eigenvalue weighted by atomic mass is 16.5. The van der Waals surface area contributed by atoms with Crippen LogP contribution in [0.4, 0.5) is 0 Å². The Morgan fingerprint density at radius 3 is 2.33 bits per heavy atom. The number of hydrogen-bond acceptors (Lipinski definition) is 1. The second-order valence-electron chi connectivity index (χ2n) is 11.3. The maximum absolute atomic E-state index is 6.74. The van der Waals surface area contributed by atoms with Gasteiger partial charge in [-0.25, -0.2) is 0 Å². The first-order chi connectivity index (χ1) is 11.2. The lowest BCUT2D eigenvalue weighted by Gasteiger charge is -2.62. The third-order valence-corrected chi connectivity index (χ3v) is 8.95. The molecule has 1 nitrogen and oxygen atoms in total. The van der Waals surface area contributed by atoms with Crippen LogP contribution in [-0.2, 0) is 4.74 Å². The molecule has 24 heavy (non-hydrogen) atoms. The highest BCUT2D eigenvalue weighted by Gasteiger charge is 2.60. The van der Waals surface area contributed by atoms with Crippen molar-refractivity contribution in [3.63, 3.8) is 0 Å². The van der Waals surface area contributed by atoms with Crippen LogP contribution < -0.4 is 0 Å². The van der Waals surface area contributed by atoms with Crippen molar-refractivity contribution in [2.45, 2.75) is 111 Å². The molecular formula is C23H40O. The molecule has 1 heteroatoms. The van der Waals surface area contributed by atoms with Crippen LogP contribution >= 0.6 is 0 Å². The lowest BCUT2D eigenvalue weighted by molar-refractivity contribution is -0.206. The zero-order valence-corrected chi connectivity index (χ0v) is 16.9. The van der Waals surface area contributed by atoms with Gasteiger partial charge < -0.3 is 4.74 Å². The lowest BCUT2D eigenvalue weighted by atomic mass is 9.44. The van der Waals surface area contributed by atoms with Gasteiger partial charge in [0.15, 0.2) is 0 Å². The van der Waals surface area contributed by atoms with E-state index in [0.29, 0.717) is 16.9 Å². The molecule has 0 N–H and O–H groups in total. The fourth-order valence-electron chi connectivity index (χ4n) is 7.89. The van der Waals surface area contributed by atoms with E-state index in [1.807, 2.05) is 0 Å². The van der Waals surface area contributed by atoms with Crippen LogP contribution in [0.3, 0.4) is 0 Å². The third kappa shape index (κ3) is 2.60. The van der Waals surface area contributed by atoms with Crippen molar-refractivity contribution < 1.29 is 4.74 Å². The summed E-state index contributed by atoms with van der Waals surface area (Å²) in [7, 11) is 0. The maximum atomic E-state index is 6.74. The first kappa shape index (κ1) is 17.4. The van der Waals surface area contributed by atoms with Gasteiger partial charge in [-0.15, -0.1) is 0 Å². The Kier molecular flexibility index (Phi) is 4.15. The Morgan fingerprint density at radius 2 is 1.58 bits per heavy atom. The van der Waals surface area contributed by atoms with Gasteiger partial charge in [0, 0.05) is 0 Å². The maximum Gasteiger partial charge on any atom is 0.0641 e. The fourth-order valence-corrected chi connectivity index (χ4v) is 7.89. The summed E-state index contributed by atoms with van der Waals surface area (Å²) in [5, 5.41) is 0. The average molecular weight is 333 g/mol. The van der Waals surface area contributed by atoms with Crippen LogP contribution in [0.2, 0.25) is 0 Å². The molecule has 0 aromatic rings. The van der Waals surface area contributed by atoms with Crippen molar-refractivity contribution in [3.05, 3.63) is 0 Å². The summed E-state index contributed by atoms with van der Waals surface area (Å²) in [5.74, 6) is 3.87. The Hall–Kier alpha value is -0.0400. The molecule has 0 bridgehead atoms. The molecule has 4 rings (SSSR count). The molecule has 4 aliphatic rings. The molecule has 0 aromatic carbocycles. The number of rotatable bonds is 1. The molecule has 0 aromatic heterocycles. The SMILES string of the molecule is CC(C)(C)OC1CCC[C@@H]2CC[C@H]3[C@@H]4CCC[C@@]4(C)CC[C@@H]3[C@@]12C. The van der Waals surface area contributed by atoms with E-state index in [-0.39, 0.29) is 5.60 Å². The van der Waals surface area contributed by atoms with Crippen LogP contribution in [0.25, 0.3) is 0 Å². The number of fused-ring (bicyclic) bond motifs is 5. The summed E-state index contributed by atoms with van der Waals surface area (Å²) >= 11 is 0. The summed E-state index contributed by atoms with van der Waals surface area (Å²) in [4.78, 5) is 0. The van der Waals surface area contributed by atoms with Gasteiger partial charge in [0.25, 0.3) is 0 Å². The predicted molar refractivity (Wildman–Crippen MR) is 101 cm³/mol. The minimum Gasteiger partial charge on any atom is -0.372 e. The first-order valence-corrected chi connectivity index (χ1v) is 10.9. The summed E-state index contributed by atoms with van der Waals surface area (Å²) in [6, 6.07) is 0. The summed E-state index contributed by atoms with van der Waals surface area (Å²) < 4.78 is 6.74. The average Bonchev–Trinajstić information content (AvgIpc) is 2.88. The van der Waals surface area contributed by atoms with Crippen molar-refractivity contribution in [1.82, 2.24) is 0 Å². The predicted octanol–water partition coefficient (Wildman–Crippen LogP) is 6.60. The number of ether oxygens (including phenoxy) is 1. The normalized spacial score (nSPS) is 51.6. The Labute approximate surface area is 150 Å². The lowest BCUT2D eigenvalue weighted by Crippen LogP contribution is -2.58. The van der Waals surface area contributed by atoms with E-state index in [4.69, 9.17) is 4.74 Å². The molecule has 0 heterocycles. The fraction of sp³-hybridized carbons (Fsp3) is 1.00. The first-order valence-electron chi connectivity index (χ1n) is 10.9. The molecule has 138 valence electrons. The molecule has 4 saturated carbocycles. The second-order valence-corrected chi connectivity index (χ2v) is 11.3. The molecule has 0 spiro atoms. The van der Waals surface area contributed by atoms with Crippen LogP contribution in [0.5, 0.6) is 0 Å². The molecule has 7 atom stereocenters. The van der Waals surface area contributed by atoms with Gasteiger partial charge >= 0.3 is 0 Å². The van der Waals surface area contributed by atoms with Gasteiger partial charge in [-0.3, -0.25) is 0 Å². The second kappa shape index (κ2) is 5.73. The largest absolute Gasteiger partial charge is 0.372 e.